The van der Waals surface area contributed by atoms with E-state index in [2.05, 4.69) is 5.32 Å². The summed E-state index contributed by atoms with van der Waals surface area (Å²) in [5.41, 5.74) is 0.106. The molecular formula is C15H21NO5. The lowest BCUT2D eigenvalue weighted by Crippen LogP contribution is -2.49. The highest BCUT2D eigenvalue weighted by atomic mass is 16.6. The highest BCUT2D eigenvalue weighted by Crippen LogP contribution is 2.10. The highest BCUT2D eigenvalue weighted by Gasteiger charge is 2.29. The normalized spacial score (nSPS) is 14.1. The van der Waals surface area contributed by atoms with E-state index in [1.807, 2.05) is 6.07 Å². The summed E-state index contributed by atoms with van der Waals surface area (Å²) >= 11 is 0. The number of nitrogens with one attached hydrogen (secondary N) is 1. The van der Waals surface area contributed by atoms with Crippen LogP contribution in [-0.4, -0.2) is 40.0 Å². The second kappa shape index (κ2) is 7.08. The number of aliphatic hydroxyl groups excluding tert-OH is 1. The van der Waals surface area contributed by atoms with Crippen LogP contribution < -0.4 is 5.32 Å². The third kappa shape index (κ3) is 6.27. The fourth-order valence-corrected chi connectivity index (χ4v) is 1.74. The molecular weight excluding hydrogens is 274 g/mol. The maximum absolute atomic E-state index is 11.7. The first-order chi connectivity index (χ1) is 9.69. The second-order valence-electron chi connectivity index (χ2n) is 5.73. The van der Waals surface area contributed by atoms with E-state index in [4.69, 9.17) is 9.84 Å². The van der Waals surface area contributed by atoms with Gasteiger partial charge in [-0.2, -0.15) is 0 Å². The Labute approximate surface area is 123 Å². The van der Waals surface area contributed by atoms with Crippen LogP contribution in [0.2, 0.25) is 0 Å². The number of alkyl carbamates (subject to hydrolysis) is 1. The van der Waals surface area contributed by atoms with E-state index >= 15 is 0 Å². The zero-order valence-corrected chi connectivity index (χ0v) is 12.4. The highest BCUT2D eigenvalue weighted by molar-refractivity contribution is 5.75. The summed E-state index contributed by atoms with van der Waals surface area (Å²) in [4.78, 5) is 22.7. The smallest absolute Gasteiger partial charge is 0.407 e. The average Bonchev–Trinajstić information content (AvgIpc) is 2.36. The van der Waals surface area contributed by atoms with Crippen LogP contribution in [0, 0.1) is 0 Å². The number of benzene rings is 1. The fourth-order valence-electron chi connectivity index (χ4n) is 1.74. The van der Waals surface area contributed by atoms with Gasteiger partial charge in [-0.1, -0.05) is 30.3 Å². The zero-order valence-electron chi connectivity index (χ0n) is 12.4. The summed E-state index contributed by atoms with van der Waals surface area (Å²) in [6.07, 6.45) is -2.28. The molecule has 0 aliphatic heterocycles. The Kier molecular flexibility index (Phi) is 5.72. The number of amides is 1. The largest absolute Gasteiger partial charge is 0.479 e. The van der Waals surface area contributed by atoms with Gasteiger partial charge in [-0.25, -0.2) is 9.59 Å². The number of rotatable bonds is 5. The molecule has 0 fully saturated rings. The van der Waals surface area contributed by atoms with Gasteiger partial charge in [-0.15, -0.1) is 0 Å². The molecule has 0 aromatic heterocycles. The fraction of sp³-hybridized carbons (Fsp3) is 0.467. The van der Waals surface area contributed by atoms with E-state index in [1.165, 1.54) is 0 Å². The minimum atomic E-state index is -1.71. The summed E-state index contributed by atoms with van der Waals surface area (Å²) in [7, 11) is 0. The molecule has 116 valence electrons. The molecule has 21 heavy (non-hydrogen) atoms. The Hall–Kier alpha value is -2.08. The molecule has 0 bridgehead atoms. The average molecular weight is 295 g/mol. The van der Waals surface area contributed by atoms with Crippen LogP contribution >= 0.6 is 0 Å². The molecule has 0 aliphatic carbocycles. The van der Waals surface area contributed by atoms with Crippen LogP contribution in [0.4, 0.5) is 4.79 Å². The summed E-state index contributed by atoms with van der Waals surface area (Å²) in [6, 6.07) is 8.03. The third-order valence-corrected chi connectivity index (χ3v) is 2.63. The van der Waals surface area contributed by atoms with E-state index < -0.39 is 29.8 Å². The number of carbonyl (C=O) groups excluding carboxylic acids is 1. The molecule has 0 saturated heterocycles. The molecule has 2 atom stereocenters. The number of carboxylic acids is 1. The van der Waals surface area contributed by atoms with E-state index in [-0.39, 0.29) is 6.42 Å². The summed E-state index contributed by atoms with van der Waals surface area (Å²) in [6.45, 7) is 5.10. The van der Waals surface area contributed by atoms with Crippen LogP contribution in [0.25, 0.3) is 0 Å². The van der Waals surface area contributed by atoms with Crippen LogP contribution in [0.5, 0.6) is 0 Å². The lowest BCUT2D eigenvalue weighted by molar-refractivity contribution is -0.148. The molecule has 1 rings (SSSR count). The number of hydrogen-bond acceptors (Lipinski definition) is 4. The first-order valence-electron chi connectivity index (χ1n) is 6.63. The van der Waals surface area contributed by atoms with Crippen molar-refractivity contribution in [3.8, 4) is 0 Å². The monoisotopic (exact) mass is 295 g/mol. The van der Waals surface area contributed by atoms with E-state index in [9.17, 15) is 14.7 Å². The van der Waals surface area contributed by atoms with Crippen LogP contribution in [0.1, 0.15) is 26.3 Å². The van der Waals surface area contributed by atoms with Gasteiger partial charge in [-0.3, -0.25) is 0 Å². The minimum Gasteiger partial charge on any atom is -0.479 e. The third-order valence-electron chi connectivity index (χ3n) is 2.63. The van der Waals surface area contributed by atoms with Gasteiger partial charge in [-0.05, 0) is 32.8 Å². The van der Waals surface area contributed by atoms with Gasteiger partial charge in [0.2, 0.25) is 0 Å². The number of carboxylic acid groups (broad SMARTS) is 1. The zero-order chi connectivity index (χ0) is 16.0. The summed E-state index contributed by atoms with van der Waals surface area (Å²) in [5, 5.41) is 21.1. The van der Waals surface area contributed by atoms with E-state index in [1.54, 1.807) is 45.0 Å². The Morgan fingerprint density at radius 3 is 2.29 bits per heavy atom. The molecule has 0 spiro atoms. The predicted octanol–water partition coefficient (Wildman–Crippen LogP) is 1.57. The number of aliphatic carboxylic acids is 1. The van der Waals surface area contributed by atoms with Gasteiger partial charge in [0.15, 0.2) is 6.10 Å². The van der Waals surface area contributed by atoms with Crippen LogP contribution in [0.15, 0.2) is 30.3 Å². The van der Waals surface area contributed by atoms with E-state index in [0.717, 1.165) is 5.56 Å². The first kappa shape index (κ1) is 17.0. The lowest BCUT2D eigenvalue weighted by atomic mass is 10.0. The quantitative estimate of drug-likeness (QED) is 0.766. The molecule has 0 aliphatic rings. The van der Waals surface area contributed by atoms with Crippen molar-refractivity contribution in [1.82, 2.24) is 5.32 Å². The lowest BCUT2D eigenvalue weighted by Gasteiger charge is -2.25. The maximum Gasteiger partial charge on any atom is 0.407 e. The Bertz CT molecular complexity index is 481. The van der Waals surface area contributed by atoms with Crippen molar-refractivity contribution in [1.29, 1.82) is 0 Å². The van der Waals surface area contributed by atoms with Crippen molar-refractivity contribution >= 4 is 12.1 Å². The van der Waals surface area contributed by atoms with Gasteiger partial charge >= 0.3 is 12.1 Å². The molecule has 0 unspecified atom stereocenters. The van der Waals surface area contributed by atoms with Crippen molar-refractivity contribution in [2.75, 3.05) is 0 Å². The van der Waals surface area contributed by atoms with Gasteiger partial charge < -0.3 is 20.3 Å². The van der Waals surface area contributed by atoms with Crippen molar-refractivity contribution in [3.05, 3.63) is 35.9 Å². The Morgan fingerprint density at radius 1 is 1.24 bits per heavy atom. The molecule has 0 radical (unpaired) electrons. The molecule has 1 amide bonds. The van der Waals surface area contributed by atoms with Crippen LogP contribution in [-0.2, 0) is 16.0 Å². The number of carbonyl (C=O) groups is 2. The Morgan fingerprint density at radius 2 is 1.81 bits per heavy atom. The number of hydrogen-bond donors (Lipinski definition) is 3. The predicted molar refractivity (Wildman–Crippen MR) is 76.9 cm³/mol. The molecule has 3 N–H and O–H groups in total. The SMILES string of the molecule is CC(C)(C)OC(=O)N[C@@H](Cc1ccccc1)[C@H](O)C(=O)O. The topological polar surface area (TPSA) is 95.9 Å². The summed E-state index contributed by atoms with van der Waals surface area (Å²) < 4.78 is 5.08. The van der Waals surface area contributed by atoms with Crippen molar-refractivity contribution in [2.45, 2.75) is 44.9 Å². The Balaban J connectivity index is 2.78. The van der Waals surface area contributed by atoms with Gasteiger partial charge in [0.25, 0.3) is 0 Å². The van der Waals surface area contributed by atoms with Crippen molar-refractivity contribution in [2.24, 2.45) is 0 Å². The van der Waals surface area contributed by atoms with Gasteiger partial charge in [0.05, 0.1) is 6.04 Å². The molecule has 1 aromatic carbocycles. The van der Waals surface area contributed by atoms with E-state index in [0.29, 0.717) is 0 Å². The molecule has 0 heterocycles. The first-order valence-corrected chi connectivity index (χ1v) is 6.63. The maximum atomic E-state index is 11.7. The second-order valence-corrected chi connectivity index (χ2v) is 5.73. The molecule has 0 saturated carbocycles. The van der Waals surface area contributed by atoms with Gasteiger partial charge in [0.1, 0.15) is 5.60 Å². The molecule has 1 aromatic rings. The molecule has 6 nitrogen and oxygen atoms in total. The van der Waals surface area contributed by atoms with Crippen molar-refractivity contribution in [3.63, 3.8) is 0 Å². The number of ether oxygens (including phenoxy) is 1. The molecule has 6 heteroatoms. The van der Waals surface area contributed by atoms with Crippen molar-refractivity contribution < 1.29 is 24.5 Å². The van der Waals surface area contributed by atoms with Crippen LogP contribution in [0.3, 0.4) is 0 Å². The van der Waals surface area contributed by atoms with Gasteiger partial charge in [0, 0.05) is 0 Å². The standard InChI is InChI=1S/C15H21NO5/c1-15(2,3)21-14(20)16-11(12(17)13(18)19)9-10-7-5-4-6-8-10/h4-8,11-12,17H,9H2,1-3H3,(H,16,20)(H,18,19)/t11-,12-/m0/s1. The summed E-state index contributed by atoms with van der Waals surface area (Å²) in [5.74, 6) is -1.40. The number of aliphatic hydroxyl groups is 1. The minimum absolute atomic E-state index is 0.188.